The summed E-state index contributed by atoms with van der Waals surface area (Å²) in [6, 6.07) is 2.05. The Balaban J connectivity index is 2.50. The molecule has 2 unspecified atom stereocenters. The molecule has 5 nitrogen and oxygen atoms in total. The second-order valence-electron chi connectivity index (χ2n) is 4.51. The van der Waals surface area contributed by atoms with E-state index < -0.39 is 18.0 Å². The highest BCUT2D eigenvalue weighted by molar-refractivity contribution is 7.16. The van der Waals surface area contributed by atoms with Crippen LogP contribution in [0.1, 0.15) is 44.0 Å². The number of carbonyl (C=O) groups is 2. The van der Waals surface area contributed by atoms with Crippen LogP contribution < -0.4 is 10.6 Å². The van der Waals surface area contributed by atoms with E-state index in [4.69, 9.17) is 16.7 Å². The minimum atomic E-state index is -1.01. The minimum Gasteiger partial charge on any atom is -0.480 e. The third-order valence-corrected chi connectivity index (χ3v) is 4.23. The summed E-state index contributed by atoms with van der Waals surface area (Å²) in [5.41, 5.74) is 0. The molecule has 112 valence electrons. The zero-order valence-corrected chi connectivity index (χ0v) is 13.1. The highest BCUT2D eigenvalue weighted by atomic mass is 35.5. The van der Waals surface area contributed by atoms with Crippen molar-refractivity contribution in [2.24, 2.45) is 0 Å². The number of urea groups is 1. The lowest BCUT2D eigenvalue weighted by atomic mass is 10.1. The molecule has 0 fully saturated rings. The van der Waals surface area contributed by atoms with Gasteiger partial charge in [0.2, 0.25) is 0 Å². The first-order valence-corrected chi connectivity index (χ1v) is 7.68. The van der Waals surface area contributed by atoms with Crippen molar-refractivity contribution in [1.82, 2.24) is 10.6 Å². The monoisotopic (exact) mass is 318 g/mol. The molecule has 0 saturated heterocycles. The Hall–Kier alpha value is -1.27. The number of carboxylic acid groups (broad SMARTS) is 1. The average Bonchev–Trinajstić information content (AvgIpc) is 2.80. The Bertz CT molecular complexity index is 464. The number of rotatable bonds is 7. The number of amides is 2. The van der Waals surface area contributed by atoms with Gasteiger partial charge in [0.15, 0.2) is 0 Å². The summed E-state index contributed by atoms with van der Waals surface area (Å²) >= 11 is 7.22. The maximum Gasteiger partial charge on any atom is 0.326 e. The summed E-state index contributed by atoms with van der Waals surface area (Å²) in [5.74, 6) is -1.01. The van der Waals surface area contributed by atoms with Gasteiger partial charge < -0.3 is 15.7 Å². The molecule has 0 radical (unpaired) electrons. The Kier molecular flexibility index (Phi) is 6.81. The SMILES string of the molecule is CCCCC(NC(=O)NC(C)c1ccc(Cl)s1)C(=O)O. The zero-order valence-electron chi connectivity index (χ0n) is 11.5. The molecule has 1 heterocycles. The Morgan fingerprint density at radius 3 is 2.60 bits per heavy atom. The molecule has 0 aliphatic rings. The second kappa shape index (κ2) is 8.11. The smallest absolute Gasteiger partial charge is 0.326 e. The van der Waals surface area contributed by atoms with Gasteiger partial charge in [-0.25, -0.2) is 9.59 Å². The number of aliphatic carboxylic acids is 1. The van der Waals surface area contributed by atoms with Gasteiger partial charge in [0, 0.05) is 4.88 Å². The van der Waals surface area contributed by atoms with Crippen molar-refractivity contribution in [3.8, 4) is 0 Å². The Labute approximate surface area is 127 Å². The summed E-state index contributed by atoms with van der Waals surface area (Å²) in [5, 5.41) is 14.2. The number of nitrogens with one attached hydrogen (secondary N) is 2. The Morgan fingerprint density at radius 2 is 2.10 bits per heavy atom. The summed E-state index contributed by atoms with van der Waals surface area (Å²) in [7, 11) is 0. The van der Waals surface area contributed by atoms with Crippen LogP contribution in [0.25, 0.3) is 0 Å². The third-order valence-electron chi connectivity index (χ3n) is 2.82. The summed E-state index contributed by atoms with van der Waals surface area (Å²) < 4.78 is 0.653. The molecule has 20 heavy (non-hydrogen) atoms. The van der Waals surface area contributed by atoms with Crippen molar-refractivity contribution in [2.75, 3.05) is 0 Å². The molecule has 3 N–H and O–H groups in total. The lowest BCUT2D eigenvalue weighted by molar-refractivity contribution is -0.139. The van der Waals surface area contributed by atoms with E-state index in [1.54, 1.807) is 6.07 Å². The van der Waals surface area contributed by atoms with Gasteiger partial charge >= 0.3 is 12.0 Å². The fraction of sp³-hybridized carbons (Fsp3) is 0.538. The van der Waals surface area contributed by atoms with Gasteiger partial charge in [-0.1, -0.05) is 31.4 Å². The lowest BCUT2D eigenvalue weighted by Crippen LogP contribution is -2.46. The van der Waals surface area contributed by atoms with Gasteiger partial charge in [0.1, 0.15) is 6.04 Å². The standard InChI is InChI=1S/C13H19ClN2O3S/c1-3-4-5-9(12(17)18)16-13(19)15-8(2)10-6-7-11(14)20-10/h6-9H,3-5H2,1-2H3,(H,17,18)(H2,15,16,19). The predicted octanol–water partition coefficient (Wildman–Crippen LogP) is 3.41. The highest BCUT2D eigenvalue weighted by Gasteiger charge is 2.20. The second-order valence-corrected chi connectivity index (χ2v) is 6.26. The molecule has 1 aromatic rings. The molecule has 0 bridgehead atoms. The molecule has 0 saturated carbocycles. The van der Waals surface area contributed by atoms with Crippen LogP contribution in [-0.2, 0) is 4.79 Å². The minimum absolute atomic E-state index is 0.215. The topological polar surface area (TPSA) is 78.4 Å². The van der Waals surface area contributed by atoms with E-state index in [0.717, 1.165) is 17.7 Å². The summed E-state index contributed by atoms with van der Waals surface area (Å²) in [4.78, 5) is 23.8. The van der Waals surface area contributed by atoms with Crippen molar-refractivity contribution < 1.29 is 14.7 Å². The van der Waals surface area contributed by atoms with Crippen molar-refractivity contribution >= 4 is 34.9 Å². The molecule has 1 aromatic heterocycles. The summed E-state index contributed by atoms with van der Waals surface area (Å²) in [6.07, 6.45) is 2.07. The van der Waals surface area contributed by atoms with E-state index in [0.29, 0.717) is 10.8 Å². The molecule has 0 spiro atoms. The molecule has 7 heteroatoms. The van der Waals surface area contributed by atoms with E-state index in [-0.39, 0.29) is 6.04 Å². The number of hydrogen-bond donors (Lipinski definition) is 3. The van der Waals surface area contributed by atoms with Crippen LogP contribution in [0, 0.1) is 0 Å². The molecule has 1 rings (SSSR count). The van der Waals surface area contributed by atoms with Crippen LogP contribution in [0.4, 0.5) is 4.79 Å². The average molecular weight is 319 g/mol. The van der Waals surface area contributed by atoms with Crippen molar-refractivity contribution in [1.29, 1.82) is 0 Å². The number of carbonyl (C=O) groups excluding carboxylic acids is 1. The molecular weight excluding hydrogens is 300 g/mol. The number of unbranched alkanes of at least 4 members (excludes halogenated alkanes) is 1. The highest BCUT2D eigenvalue weighted by Crippen LogP contribution is 2.26. The van der Waals surface area contributed by atoms with Crippen LogP contribution in [0.5, 0.6) is 0 Å². The van der Waals surface area contributed by atoms with Crippen molar-refractivity contribution in [3.63, 3.8) is 0 Å². The normalized spacial score (nSPS) is 13.6. The Morgan fingerprint density at radius 1 is 1.40 bits per heavy atom. The molecule has 0 aliphatic heterocycles. The van der Waals surface area contributed by atoms with E-state index in [1.165, 1.54) is 11.3 Å². The molecule has 0 aromatic carbocycles. The van der Waals surface area contributed by atoms with E-state index in [9.17, 15) is 9.59 Å². The first-order chi connectivity index (χ1) is 9.43. The fourth-order valence-electron chi connectivity index (χ4n) is 1.69. The van der Waals surface area contributed by atoms with Gasteiger partial charge in [-0.05, 0) is 25.5 Å². The van der Waals surface area contributed by atoms with Gasteiger partial charge in [0.25, 0.3) is 0 Å². The first-order valence-electron chi connectivity index (χ1n) is 6.49. The molecule has 0 aliphatic carbocycles. The largest absolute Gasteiger partial charge is 0.480 e. The van der Waals surface area contributed by atoms with E-state index in [1.807, 2.05) is 19.9 Å². The van der Waals surface area contributed by atoms with Crippen LogP contribution in [-0.4, -0.2) is 23.1 Å². The number of hydrogen-bond acceptors (Lipinski definition) is 3. The van der Waals surface area contributed by atoms with Gasteiger partial charge in [-0.2, -0.15) is 0 Å². The fourth-order valence-corrected chi connectivity index (χ4v) is 2.76. The first kappa shape index (κ1) is 16.8. The molecule has 2 amide bonds. The van der Waals surface area contributed by atoms with Gasteiger partial charge in [0.05, 0.1) is 10.4 Å². The predicted molar refractivity (Wildman–Crippen MR) is 80.4 cm³/mol. The maximum atomic E-state index is 11.8. The van der Waals surface area contributed by atoms with Gasteiger partial charge in [-0.15, -0.1) is 11.3 Å². The van der Waals surface area contributed by atoms with Gasteiger partial charge in [-0.3, -0.25) is 0 Å². The maximum absolute atomic E-state index is 11.8. The number of halogens is 1. The van der Waals surface area contributed by atoms with Crippen LogP contribution in [0.3, 0.4) is 0 Å². The third kappa shape index (κ3) is 5.38. The van der Waals surface area contributed by atoms with E-state index in [2.05, 4.69) is 10.6 Å². The molecule has 2 atom stereocenters. The summed E-state index contributed by atoms with van der Waals surface area (Å²) in [6.45, 7) is 3.80. The van der Waals surface area contributed by atoms with Crippen molar-refractivity contribution in [3.05, 3.63) is 21.3 Å². The molecular formula is C13H19ClN2O3S. The van der Waals surface area contributed by atoms with Crippen molar-refractivity contribution in [2.45, 2.75) is 45.2 Å². The number of thiophene rings is 1. The zero-order chi connectivity index (χ0) is 15.1. The van der Waals surface area contributed by atoms with E-state index >= 15 is 0 Å². The van der Waals surface area contributed by atoms with Crippen LogP contribution >= 0.6 is 22.9 Å². The number of carboxylic acids is 1. The lowest BCUT2D eigenvalue weighted by Gasteiger charge is -2.17. The van der Waals surface area contributed by atoms with Crippen LogP contribution in [0.15, 0.2) is 12.1 Å². The van der Waals surface area contributed by atoms with Crippen LogP contribution in [0.2, 0.25) is 4.34 Å². The quantitative estimate of drug-likeness (QED) is 0.721.